The van der Waals surface area contributed by atoms with E-state index in [2.05, 4.69) is 58.2 Å². The van der Waals surface area contributed by atoms with Gasteiger partial charge in [0.1, 0.15) is 0 Å². The monoisotopic (exact) mass is 310 g/mol. The van der Waals surface area contributed by atoms with Crippen LogP contribution in [-0.4, -0.2) is 30.6 Å². The van der Waals surface area contributed by atoms with Crippen molar-refractivity contribution in [2.45, 2.75) is 39.2 Å². The smallest absolute Gasteiger partial charge is 0.0353 e. The van der Waals surface area contributed by atoms with Crippen LogP contribution in [0.3, 0.4) is 0 Å². The van der Waals surface area contributed by atoms with Gasteiger partial charge in [0.2, 0.25) is 0 Å². The maximum atomic E-state index is 3.65. The lowest BCUT2D eigenvalue weighted by Crippen LogP contribution is -2.39. The number of nitrogens with one attached hydrogen (secondary N) is 1. The Bertz CT molecular complexity index is 384. The summed E-state index contributed by atoms with van der Waals surface area (Å²) in [6, 6.07) is 7.16. The van der Waals surface area contributed by atoms with Crippen molar-refractivity contribution in [3.05, 3.63) is 28.2 Å². The Morgan fingerprint density at radius 1 is 1.33 bits per heavy atom. The minimum Gasteiger partial charge on any atom is -0.382 e. The van der Waals surface area contributed by atoms with E-state index < -0.39 is 0 Å². The Morgan fingerprint density at radius 2 is 2.06 bits per heavy atom. The summed E-state index contributed by atoms with van der Waals surface area (Å²) >= 11 is 3.59. The average molecular weight is 311 g/mol. The van der Waals surface area contributed by atoms with Gasteiger partial charge in [-0.1, -0.05) is 28.9 Å². The largest absolute Gasteiger partial charge is 0.382 e. The van der Waals surface area contributed by atoms with Gasteiger partial charge in [-0.2, -0.15) is 0 Å². The quantitative estimate of drug-likeness (QED) is 0.902. The number of hydrogen-bond donors (Lipinski definition) is 1. The van der Waals surface area contributed by atoms with E-state index >= 15 is 0 Å². The van der Waals surface area contributed by atoms with Crippen LogP contribution >= 0.6 is 15.9 Å². The molecule has 1 saturated heterocycles. The number of anilines is 1. The molecule has 2 rings (SSSR count). The number of hydrogen-bond acceptors (Lipinski definition) is 2. The molecule has 0 aromatic heterocycles. The third kappa shape index (κ3) is 3.72. The number of rotatable bonds is 4. The molecule has 0 radical (unpaired) electrons. The summed E-state index contributed by atoms with van der Waals surface area (Å²) in [6.07, 6.45) is 3.78. The highest BCUT2D eigenvalue weighted by Crippen LogP contribution is 2.23. The van der Waals surface area contributed by atoms with Crippen LogP contribution in [0, 0.1) is 6.92 Å². The topological polar surface area (TPSA) is 15.3 Å². The van der Waals surface area contributed by atoms with E-state index in [4.69, 9.17) is 0 Å². The molecule has 1 aliphatic rings. The van der Waals surface area contributed by atoms with Gasteiger partial charge in [-0.15, -0.1) is 0 Å². The summed E-state index contributed by atoms with van der Waals surface area (Å²) in [5, 5.41) is 3.65. The van der Waals surface area contributed by atoms with E-state index in [1.54, 1.807) is 0 Å². The number of piperidine rings is 1. The maximum absolute atomic E-state index is 3.65. The van der Waals surface area contributed by atoms with Gasteiger partial charge in [0.25, 0.3) is 0 Å². The highest BCUT2D eigenvalue weighted by Gasteiger charge is 2.18. The fourth-order valence-electron chi connectivity index (χ4n) is 2.54. The van der Waals surface area contributed by atoms with Crippen LogP contribution in [0.1, 0.15) is 31.7 Å². The van der Waals surface area contributed by atoms with Crippen LogP contribution in [0.25, 0.3) is 0 Å². The lowest BCUT2D eigenvalue weighted by molar-refractivity contribution is 0.219. The van der Waals surface area contributed by atoms with Gasteiger partial charge in [-0.25, -0.2) is 0 Å². The molecule has 0 amide bonds. The van der Waals surface area contributed by atoms with Crippen molar-refractivity contribution in [1.29, 1.82) is 0 Å². The highest BCUT2D eigenvalue weighted by molar-refractivity contribution is 9.10. The van der Waals surface area contributed by atoms with E-state index in [0.717, 1.165) is 0 Å². The second-order valence-corrected chi connectivity index (χ2v) is 6.08. The first-order valence-electron chi connectivity index (χ1n) is 6.94. The summed E-state index contributed by atoms with van der Waals surface area (Å²) in [4.78, 5) is 2.57. The molecule has 1 aliphatic heterocycles. The second kappa shape index (κ2) is 6.58. The van der Waals surface area contributed by atoms with Crippen LogP contribution in [0.4, 0.5) is 5.69 Å². The van der Waals surface area contributed by atoms with Gasteiger partial charge in [-0.05, 0) is 50.4 Å². The lowest BCUT2D eigenvalue weighted by atomic mass is 10.0. The Morgan fingerprint density at radius 3 is 2.67 bits per heavy atom. The van der Waals surface area contributed by atoms with Crippen molar-refractivity contribution in [1.82, 2.24) is 4.90 Å². The van der Waals surface area contributed by atoms with Crippen LogP contribution in [0.5, 0.6) is 0 Å². The van der Waals surface area contributed by atoms with Crippen molar-refractivity contribution in [2.75, 3.05) is 25.0 Å². The fraction of sp³-hybridized carbons (Fsp3) is 0.600. The molecule has 3 heteroatoms. The van der Waals surface area contributed by atoms with Crippen molar-refractivity contribution in [3.63, 3.8) is 0 Å². The van der Waals surface area contributed by atoms with Gasteiger partial charge in [-0.3, -0.25) is 0 Å². The summed E-state index contributed by atoms with van der Waals surface area (Å²) in [7, 11) is 0. The number of halogens is 1. The molecule has 18 heavy (non-hydrogen) atoms. The zero-order valence-electron chi connectivity index (χ0n) is 11.4. The molecule has 1 N–H and O–H groups in total. The van der Waals surface area contributed by atoms with Crippen LogP contribution in [0.15, 0.2) is 22.7 Å². The first-order chi connectivity index (χ1) is 8.69. The van der Waals surface area contributed by atoms with E-state index in [0.29, 0.717) is 6.04 Å². The van der Waals surface area contributed by atoms with Gasteiger partial charge >= 0.3 is 0 Å². The van der Waals surface area contributed by atoms with Gasteiger partial charge in [0, 0.05) is 29.3 Å². The Labute approximate surface area is 119 Å². The normalized spacial score (nSPS) is 17.9. The molecule has 0 atom stereocenters. The molecule has 0 saturated carbocycles. The summed E-state index contributed by atoms with van der Waals surface area (Å²) in [5.74, 6) is 0. The van der Waals surface area contributed by atoms with Gasteiger partial charge in [0.05, 0.1) is 0 Å². The molecule has 0 spiro atoms. The minimum absolute atomic E-state index is 0.632. The average Bonchev–Trinajstić information content (AvgIpc) is 2.37. The molecule has 0 unspecified atom stereocenters. The number of benzene rings is 1. The third-order valence-corrected chi connectivity index (χ3v) is 4.52. The minimum atomic E-state index is 0.632. The van der Waals surface area contributed by atoms with Crippen molar-refractivity contribution in [3.8, 4) is 0 Å². The van der Waals surface area contributed by atoms with Crippen molar-refractivity contribution >= 4 is 21.6 Å². The first-order valence-corrected chi connectivity index (χ1v) is 7.73. The van der Waals surface area contributed by atoms with Crippen LogP contribution < -0.4 is 5.32 Å². The molecule has 0 bridgehead atoms. The van der Waals surface area contributed by atoms with E-state index in [-0.39, 0.29) is 0 Å². The van der Waals surface area contributed by atoms with E-state index in [9.17, 15) is 0 Å². The number of aryl methyl sites for hydroxylation is 1. The van der Waals surface area contributed by atoms with Gasteiger partial charge in [0.15, 0.2) is 0 Å². The second-order valence-electron chi connectivity index (χ2n) is 5.22. The highest BCUT2D eigenvalue weighted by atomic mass is 79.9. The Hall–Kier alpha value is -0.540. The fourth-order valence-corrected chi connectivity index (χ4v) is 2.91. The van der Waals surface area contributed by atoms with Crippen molar-refractivity contribution in [2.24, 2.45) is 0 Å². The van der Waals surface area contributed by atoms with E-state index in [1.807, 2.05) is 0 Å². The standard InChI is InChI=1S/C15H23BrN2/c1-3-8-18-9-6-13(7-10-18)17-14-5-4-12(2)15(16)11-14/h4-5,11,13,17H,3,6-10H2,1-2H3. The van der Waals surface area contributed by atoms with Crippen molar-refractivity contribution < 1.29 is 0 Å². The number of likely N-dealkylation sites (tertiary alicyclic amines) is 1. The lowest BCUT2D eigenvalue weighted by Gasteiger charge is -2.32. The van der Waals surface area contributed by atoms with Crippen LogP contribution in [0.2, 0.25) is 0 Å². The molecule has 1 aromatic rings. The molecule has 0 aliphatic carbocycles. The van der Waals surface area contributed by atoms with E-state index in [1.165, 1.54) is 54.6 Å². The molecule has 2 nitrogen and oxygen atoms in total. The first kappa shape index (κ1) is 13.9. The zero-order valence-corrected chi connectivity index (χ0v) is 13.0. The molecular weight excluding hydrogens is 288 g/mol. The summed E-state index contributed by atoms with van der Waals surface area (Å²) < 4.78 is 1.19. The summed E-state index contributed by atoms with van der Waals surface area (Å²) in [5.41, 5.74) is 2.53. The maximum Gasteiger partial charge on any atom is 0.0353 e. The predicted molar refractivity (Wildman–Crippen MR) is 82.3 cm³/mol. The molecule has 1 fully saturated rings. The van der Waals surface area contributed by atoms with Crippen LogP contribution in [-0.2, 0) is 0 Å². The Kier molecular flexibility index (Phi) is 5.07. The SMILES string of the molecule is CCCN1CCC(Nc2ccc(C)c(Br)c2)CC1. The Balaban J connectivity index is 1.85. The van der Waals surface area contributed by atoms with Gasteiger partial charge < -0.3 is 10.2 Å². The third-order valence-electron chi connectivity index (χ3n) is 3.67. The number of nitrogens with zero attached hydrogens (tertiary/aromatic N) is 1. The molecule has 1 aromatic carbocycles. The molecule has 100 valence electrons. The molecular formula is C15H23BrN2. The molecule has 1 heterocycles. The zero-order chi connectivity index (χ0) is 13.0. The summed E-state index contributed by atoms with van der Waals surface area (Å²) in [6.45, 7) is 8.10. The predicted octanol–water partition coefficient (Wildman–Crippen LogP) is 4.04.